The van der Waals surface area contributed by atoms with E-state index >= 15 is 0 Å². The summed E-state index contributed by atoms with van der Waals surface area (Å²) < 4.78 is 15.6. The van der Waals surface area contributed by atoms with Crippen LogP contribution in [0.15, 0.2) is 0 Å². The zero-order chi connectivity index (χ0) is 16.4. The number of amides is 1. The van der Waals surface area contributed by atoms with E-state index < -0.39 is 5.60 Å². The van der Waals surface area contributed by atoms with Crippen molar-refractivity contribution in [3.63, 3.8) is 0 Å². The molecule has 0 aromatic carbocycles. The molecule has 1 fully saturated rings. The number of hydrogen-bond acceptors (Lipinski definition) is 5. The molecule has 1 rings (SSSR count). The van der Waals surface area contributed by atoms with Crippen LogP contribution in [0.2, 0.25) is 0 Å². The molecule has 130 valence electrons. The molecule has 0 radical (unpaired) electrons. The van der Waals surface area contributed by atoms with Crippen molar-refractivity contribution in [1.29, 1.82) is 0 Å². The number of carbonyl (C=O) groups is 1. The highest BCUT2D eigenvalue weighted by Gasteiger charge is 2.24. The van der Waals surface area contributed by atoms with Crippen molar-refractivity contribution < 1.29 is 19.0 Å². The Hall–Kier alpha value is -0.850. The van der Waals surface area contributed by atoms with Crippen LogP contribution in [0.4, 0.5) is 4.79 Å². The largest absolute Gasteiger partial charge is 0.444 e. The van der Waals surface area contributed by atoms with Crippen LogP contribution in [0.5, 0.6) is 0 Å². The Bertz CT molecular complexity index is 310. The van der Waals surface area contributed by atoms with Gasteiger partial charge in [0, 0.05) is 25.7 Å². The van der Waals surface area contributed by atoms with Gasteiger partial charge in [-0.15, -0.1) is 0 Å². The first-order chi connectivity index (χ1) is 10.4. The highest BCUT2D eigenvalue weighted by molar-refractivity contribution is 5.68. The van der Waals surface area contributed by atoms with E-state index in [1.807, 2.05) is 20.8 Å². The summed E-state index contributed by atoms with van der Waals surface area (Å²) in [7, 11) is 1.67. The summed E-state index contributed by atoms with van der Waals surface area (Å²) >= 11 is 0. The van der Waals surface area contributed by atoms with Crippen molar-refractivity contribution in [2.45, 2.75) is 64.1 Å². The molecule has 1 saturated carbocycles. The Labute approximate surface area is 134 Å². The predicted octanol–water partition coefficient (Wildman–Crippen LogP) is 2.07. The maximum absolute atomic E-state index is 11.7. The van der Waals surface area contributed by atoms with Crippen molar-refractivity contribution in [2.75, 3.05) is 33.5 Å². The Morgan fingerprint density at radius 2 is 1.68 bits per heavy atom. The fourth-order valence-electron chi connectivity index (χ4n) is 2.50. The summed E-state index contributed by atoms with van der Waals surface area (Å²) in [5, 5.41) is 6.46. The van der Waals surface area contributed by atoms with Crippen LogP contribution in [0.25, 0.3) is 0 Å². The molecule has 0 aromatic rings. The van der Waals surface area contributed by atoms with Gasteiger partial charge in [-0.25, -0.2) is 4.79 Å². The quantitative estimate of drug-likeness (QED) is 0.671. The maximum Gasteiger partial charge on any atom is 0.407 e. The van der Waals surface area contributed by atoms with E-state index in [2.05, 4.69) is 10.6 Å². The van der Waals surface area contributed by atoms with E-state index in [4.69, 9.17) is 14.2 Å². The molecule has 22 heavy (non-hydrogen) atoms. The molecule has 6 heteroatoms. The highest BCUT2D eigenvalue weighted by Crippen LogP contribution is 2.19. The smallest absolute Gasteiger partial charge is 0.407 e. The van der Waals surface area contributed by atoms with Gasteiger partial charge < -0.3 is 24.8 Å². The Kier molecular flexibility index (Phi) is 8.75. The SMILES string of the molecule is COCCOCCNC1CCC(NC(=O)OC(C)(C)C)CC1. The van der Waals surface area contributed by atoms with Crippen molar-refractivity contribution in [3.05, 3.63) is 0 Å². The van der Waals surface area contributed by atoms with Crippen LogP contribution >= 0.6 is 0 Å². The average Bonchev–Trinajstić information content (AvgIpc) is 2.42. The second-order valence-electron chi connectivity index (χ2n) is 6.75. The van der Waals surface area contributed by atoms with Gasteiger partial charge in [-0.1, -0.05) is 0 Å². The first-order valence-electron chi connectivity index (χ1n) is 8.20. The summed E-state index contributed by atoms with van der Waals surface area (Å²) in [6.45, 7) is 8.48. The van der Waals surface area contributed by atoms with Crippen LogP contribution in [-0.4, -0.2) is 57.3 Å². The minimum absolute atomic E-state index is 0.228. The molecule has 0 unspecified atom stereocenters. The third-order valence-electron chi connectivity index (χ3n) is 3.56. The normalized spacial score (nSPS) is 22.4. The highest BCUT2D eigenvalue weighted by atomic mass is 16.6. The lowest BCUT2D eigenvalue weighted by Gasteiger charge is -2.30. The average molecular weight is 316 g/mol. The second kappa shape index (κ2) is 10.0. The van der Waals surface area contributed by atoms with Crippen LogP contribution in [0, 0.1) is 0 Å². The van der Waals surface area contributed by atoms with Gasteiger partial charge in [0.1, 0.15) is 5.60 Å². The molecule has 0 atom stereocenters. The van der Waals surface area contributed by atoms with Crippen LogP contribution in [0.1, 0.15) is 46.5 Å². The molecule has 0 saturated heterocycles. The Morgan fingerprint density at radius 1 is 1.05 bits per heavy atom. The van der Waals surface area contributed by atoms with Gasteiger partial charge in [-0.2, -0.15) is 0 Å². The van der Waals surface area contributed by atoms with Crippen molar-refractivity contribution in [3.8, 4) is 0 Å². The molecule has 0 aromatic heterocycles. The van der Waals surface area contributed by atoms with E-state index in [-0.39, 0.29) is 12.1 Å². The van der Waals surface area contributed by atoms with Gasteiger partial charge in [0.15, 0.2) is 0 Å². The van der Waals surface area contributed by atoms with Crippen molar-refractivity contribution in [2.24, 2.45) is 0 Å². The topological polar surface area (TPSA) is 68.8 Å². The number of ether oxygens (including phenoxy) is 3. The minimum Gasteiger partial charge on any atom is -0.444 e. The van der Waals surface area contributed by atoms with E-state index in [1.54, 1.807) is 7.11 Å². The van der Waals surface area contributed by atoms with E-state index in [1.165, 1.54) is 0 Å². The summed E-state index contributed by atoms with van der Waals surface area (Å²) in [6.07, 6.45) is 3.80. The van der Waals surface area contributed by atoms with Gasteiger partial charge in [-0.3, -0.25) is 0 Å². The monoisotopic (exact) mass is 316 g/mol. The standard InChI is InChI=1S/C16H32N2O4/c1-16(2,3)22-15(19)18-14-7-5-13(6-8-14)17-9-10-21-12-11-20-4/h13-14,17H,5-12H2,1-4H3,(H,18,19). The number of rotatable bonds is 8. The fraction of sp³-hybridized carbons (Fsp3) is 0.938. The lowest BCUT2D eigenvalue weighted by atomic mass is 9.91. The molecule has 1 aliphatic carbocycles. The van der Waals surface area contributed by atoms with Gasteiger partial charge in [0.05, 0.1) is 19.8 Å². The summed E-state index contributed by atoms with van der Waals surface area (Å²) in [5.41, 5.74) is -0.439. The molecular weight excluding hydrogens is 284 g/mol. The molecule has 0 bridgehead atoms. The van der Waals surface area contributed by atoms with E-state index in [0.717, 1.165) is 32.2 Å². The Balaban J connectivity index is 2.07. The molecule has 0 heterocycles. The maximum atomic E-state index is 11.7. The van der Waals surface area contributed by atoms with Crippen LogP contribution in [0.3, 0.4) is 0 Å². The molecule has 6 nitrogen and oxygen atoms in total. The minimum atomic E-state index is -0.439. The third-order valence-corrected chi connectivity index (χ3v) is 3.56. The first-order valence-corrected chi connectivity index (χ1v) is 8.20. The third kappa shape index (κ3) is 9.23. The van der Waals surface area contributed by atoms with E-state index in [0.29, 0.717) is 25.9 Å². The van der Waals surface area contributed by atoms with Crippen LogP contribution < -0.4 is 10.6 Å². The van der Waals surface area contributed by atoms with Crippen molar-refractivity contribution >= 4 is 6.09 Å². The van der Waals surface area contributed by atoms with Crippen molar-refractivity contribution in [1.82, 2.24) is 10.6 Å². The number of nitrogens with one attached hydrogen (secondary N) is 2. The van der Waals surface area contributed by atoms with Gasteiger partial charge in [0.2, 0.25) is 0 Å². The lowest BCUT2D eigenvalue weighted by molar-refractivity contribution is 0.0488. The lowest BCUT2D eigenvalue weighted by Crippen LogP contribution is -2.44. The van der Waals surface area contributed by atoms with Gasteiger partial charge >= 0.3 is 6.09 Å². The second-order valence-corrected chi connectivity index (χ2v) is 6.75. The molecule has 0 spiro atoms. The summed E-state index contributed by atoms with van der Waals surface area (Å²) in [6, 6.07) is 0.744. The van der Waals surface area contributed by atoms with Gasteiger partial charge in [-0.05, 0) is 46.5 Å². The molecule has 1 aliphatic rings. The number of methoxy groups -OCH3 is 1. The number of alkyl carbamates (subject to hydrolysis) is 1. The zero-order valence-corrected chi connectivity index (χ0v) is 14.4. The number of carbonyl (C=O) groups excluding carboxylic acids is 1. The molecule has 0 aliphatic heterocycles. The molecule has 2 N–H and O–H groups in total. The number of hydrogen-bond donors (Lipinski definition) is 2. The van der Waals surface area contributed by atoms with Gasteiger partial charge in [0.25, 0.3) is 0 Å². The predicted molar refractivity (Wildman–Crippen MR) is 86.1 cm³/mol. The first kappa shape index (κ1) is 19.2. The zero-order valence-electron chi connectivity index (χ0n) is 14.4. The van der Waals surface area contributed by atoms with E-state index in [9.17, 15) is 4.79 Å². The van der Waals surface area contributed by atoms with Crippen LogP contribution in [-0.2, 0) is 14.2 Å². The Morgan fingerprint density at radius 3 is 2.27 bits per heavy atom. The molecule has 1 amide bonds. The molecular formula is C16H32N2O4. The summed E-state index contributed by atoms with van der Waals surface area (Å²) in [5.74, 6) is 0. The summed E-state index contributed by atoms with van der Waals surface area (Å²) in [4.78, 5) is 11.7. The fourth-order valence-corrected chi connectivity index (χ4v) is 2.50.